The second-order valence-electron chi connectivity index (χ2n) is 19.6. The summed E-state index contributed by atoms with van der Waals surface area (Å²) >= 11 is 0. The Balaban J connectivity index is 3.39. The summed E-state index contributed by atoms with van der Waals surface area (Å²) in [5.74, 6) is -0.0379. The molecule has 6 heteroatoms. The van der Waals surface area contributed by atoms with E-state index in [1.807, 2.05) is 0 Å². The summed E-state index contributed by atoms with van der Waals surface area (Å²) in [7, 11) is 0. The van der Waals surface area contributed by atoms with Crippen LogP contribution in [0, 0.1) is 0 Å². The van der Waals surface area contributed by atoms with E-state index in [0.717, 1.165) is 44.9 Å². The van der Waals surface area contributed by atoms with E-state index in [1.54, 1.807) is 0 Å². The van der Waals surface area contributed by atoms with Crippen molar-refractivity contribution >= 4 is 11.9 Å². The number of unbranched alkanes of at least 4 members (excludes halogenated alkanes) is 38. The first-order valence-electron chi connectivity index (χ1n) is 28.6. The third kappa shape index (κ3) is 49.8. The number of carbonyl (C=O) groups is 2. The maximum Gasteiger partial charge on any atom is 0.305 e. The number of rotatable bonds is 53. The van der Waals surface area contributed by atoms with Crippen LogP contribution in [-0.4, -0.2) is 47.4 Å². The quantitative estimate of drug-likeness (QED) is 0.0321. The number of aliphatic hydroxyl groups excluding tert-OH is 2. The summed E-state index contributed by atoms with van der Waals surface area (Å²) < 4.78 is 5.46. The third-order valence-electron chi connectivity index (χ3n) is 13.2. The van der Waals surface area contributed by atoms with Crippen molar-refractivity contribution in [3.8, 4) is 0 Å². The maximum absolute atomic E-state index is 12.4. The molecule has 0 fully saturated rings. The van der Waals surface area contributed by atoms with Crippen LogP contribution in [-0.2, 0) is 14.3 Å². The predicted octanol–water partition coefficient (Wildman–Crippen LogP) is 17.5. The zero-order valence-electron chi connectivity index (χ0n) is 43.0. The van der Waals surface area contributed by atoms with Gasteiger partial charge in [0.2, 0.25) is 5.91 Å². The monoisotopic (exact) mass is 902 g/mol. The molecule has 0 heterocycles. The number of hydrogen-bond acceptors (Lipinski definition) is 5. The van der Waals surface area contributed by atoms with E-state index in [1.165, 1.54) is 231 Å². The fourth-order valence-corrected chi connectivity index (χ4v) is 8.81. The normalized spacial score (nSPS) is 12.8. The van der Waals surface area contributed by atoms with Crippen molar-refractivity contribution in [2.75, 3.05) is 13.2 Å². The Labute approximate surface area is 399 Å². The average molecular weight is 903 g/mol. The Kier molecular flexibility index (Phi) is 52.6. The molecule has 0 spiro atoms. The van der Waals surface area contributed by atoms with Crippen LogP contribution in [0.2, 0.25) is 0 Å². The molecule has 2 atom stereocenters. The fraction of sp³-hybridized carbons (Fsp3) is 0.897. The van der Waals surface area contributed by atoms with Crippen LogP contribution in [0.3, 0.4) is 0 Å². The molecule has 64 heavy (non-hydrogen) atoms. The van der Waals surface area contributed by atoms with Gasteiger partial charge in [0.1, 0.15) is 0 Å². The van der Waals surface area contributed by atoms with Crippen LogP contribution in [0.5, 0.6) is 0 Å². The number of esters is 1. The highest BCUT2D eigenvalue weighted by Crippen LogP contribution is 2.17. The molecule has 1 amide bonds. The molecule has 0 aliphatic carbocycles. The molecule has 6 nitrogen and oxygen atoms in total. The lowest BCUT2D eigenvalue weighted by Crippen LogP contribution is -2.45. The van der Waals surface area contributed by atoms with Crippen LogP contribution in [0.4, 0.5) is 0 Å². The zero-order chi connectivity index (χ0) is 46.5. The Morgan fingerprint density at radius 3 is 1.14 bits per heavy atom. The van der Waals surface area contributed by atoms with Crippen LogP contribution >= 0.6 is 0 Å². The van der Waals surface area contributed by atoms with Crippen molar-refractivity contribution in [1.82, 2.24) is 5.32 Å². The van der Waals surface area contributed by atoms with Gasteiger partial charge in [-0.25, -0.2) is 0 Å². The van der Waals surface area contributed by atoms with Crippen LogP contribution in [0.1, 0.15) is 309 Å². The van der Waals surface area contributed by atoms with E-state index in [-0.39, 0.29) is 18.5 Å². The molecule has 0 aliphatic rings. The molecule has 0 aliphatic heterocycles. The van der Waals surface area contributed by atoms with Crippen molar-refractivity contribution in [3.63, 3.8) is 0 Å². The SMILES string of the molecule is CCCCC/C=C\CCCCCCCC(=O)OCCCCCCCCCCCCCC/C=C\CCCCCCCCCCC(=O)NC(CO)C(O)CCCCCCCCCCCCC. The Bertz CT molecular complexity index is 997. The molecule has 0 aromatic rings. The molecular formula is C58H111NO5. The highest BCUT2D eigenvalue weighted by atomic mass is 16.5. The summed E-state index contributed by atoms with van der Waals surface area (Å²) in [6.45, 7) is 4.92. The summed E-state index contributed by atoms with van der Waals surface area (Å²) in [4.78, 5) is 24.4. The second kappa shape index (κ2) is 54.0. The third-order valence-corrected chi connectivity index (χ3v) is 13.2. The number of allylic oxidation sites excluding steroid dienone is 4. The largest absolute Gasteiger partial charge is 0.466 e. The molecule has 0 saturated carbocycles. The van der Waals surface area contributed by atoms with E-state index in [2.05, 4.69) is 43.5 Å². The highest BCUT2D eigenvalue weighted by molar-refractivity contribution is 5.76. The first-order chi connectivity index (χ1) is 31.5. The zero-order valence-corrected chi connectivity index (χ0v) is 43.0. The lowest BCUT2D eigenvalue weighted by atomic mass is 10.0. The minimum absolute atomic E-state index is 0.00229. The van der Waals surface area contributed by atoms with Crippen molar-refractivity contribution in [2.45, 2.75) is 321 Å². The second-order valence-corrected chi connectivity index (χ2v) is 19.6. The topological polar surface area (TPSA) is 95.9 Å². The molecule has 0 radical (unpaired) electrons. The number of aliphatic hydroxyl groups is 2. The molecule has 2 unspecified atom stereocenters. The summed E-state index contributed by atoms with van der Waals surface area (Å²) in [5, 5.41) is 23.2. The summed E-state index contributed by atoms with van der Waals surface area (Å²) in [6.07, 6.45) is 64.6. The number of carbonyl (C=O) groups excluding carboxylic acids is 2. The molecule has 0 aromatic heterocycles. The van der Waals surface area contributed by atoms with Gasteiger partial charge in [0.15, 0.2) is 0 Å². The van der Waals surface area contributed by atoms with Crippen LogP contribution in [0.15, 0.2) is 24.3 Å². The van der Waals surface area contributed by atoms with Crippen LogP contribution < -0.4 is 5.32 Å². The number of nitrogens with one attached hydrogen (secondary N) is 1. The van der Waals surface area contributed by atoms with Crippen molar-refractivity contribution in [1.29, 1.82) is 0 Å². The molecule has 0 rings (SSSR count). The number of amides is 1. The van der Waals surface area contributed by atoms with Crippen LogP contribution in [0.25, 0.3) is 0 Å². The van der Waals surface area contributed by atoms with Gasteiger partial charge < -0.3 is 20.3 Å². The van der Waals surface area contributed by atoms with Gasteiger partial charge in [0.05, 0.1) is 25.4 Å². The first-order valence-corrected chi connectivity index (χ1v) is 28.6. The van der Waals surface area contributed by atoms with E-state index in [0.29, 0.717) is 25.9 Å². The average Bonchev–Trinajstić information content (AvgIpc) is 3.29. The van der Waals surface area contributed by atoms with E-state index in [4.69, 9.17) is 4.74 Å². The minimum Gasteiger partial charge on any atom is -0.466 e. The highest BCUT2D eigenvalue weighted by Gasteiger charge is 2.20. The maximum atomic E-state index is 12.4. The molecule has 0 bridgehead atoms. The van der Waals surface area contributed by atoms with Gasteiger partial charge in [-0.1, -0.05) is 244 Å². The predicted molar refractivity (Wildman–Crippen MR) is 278 cm³/mol. The lowest BCUT2D eigenvalue weighted by molar-refractivity contribution is -0.143. The van der Waals surface area contributed by atoms with Gasteiger partial charge in [-0.05, 0) is 77.0 Å². The van der Waals surface area contributed by atoms with Crippen molar-refractivity contribution in [3.05, 3.63) is 24.3 Å². The van der Waals surface area contributed by atoms with Gasteiger partial charge in [-0.2, -0.15) is 0 Å². The molecule has 0 aromatic carbocycles. The van der Waals surface area contributed by atoms with Gasteiger partial charge in [0.25, 0.3) is 0 Å². The molecule has 378 valence electrons. The smallest absolute Gasteiger partial charge is 0.305 e. The van der Waals surface area contributed by atoms with Gasteiger partial charge in [0, 0.05) is 12.8 Å². The van der Waals surface area contributed by atoms with Crippen molar-refractivity contribution < 1.29 is 24.5 Å². The first kappa shape index (κ1) is 62.3. The Morgan fingerprint density at radius 1 is 0.422 bits per heavy atom. The van der Waals surface area contributed by atoms with E-state index in [9.17, 15) is 19.8 Å². The summed E-state index contributed by atoms with van der Waals surface area (Å²) in [5.41, 5.74) is 0. The minimum atomic E-state index is -0.665. The van der Waals surface area contributed by atoms with Gasteiger partial charge in [-0.3, -0.25) is 9.59 Å². The number of hydrogen-bond donors (Lipinski definition) is 3. The fourth-order valence-electron chi connectivity index (χ4n) is 8.81. The summed E-state index contributed by atoms with van der Waals surface area (Å²) in [6, 6.07) is -0.543. The lowest BCUT2D eigenvalue weighted by Gasteiger charge is -2.22. The van der Waals surface area contributed by atoms with E-state index < -0.39 is 12.1 Å². The Hall–Kier alpha value is -1.66. The standard InChI is InChI=1S/C58H111NO5/c1-3-5-7-9-11-13-15-32-36-40-44-48-52-58(63)64-53-49-45-41-37-33-29-27-25-23-21-19-17-16-18-20-22-24-26-28-31-35-39-43-47-51-57(62)59-55(54-60)56(61)50-46-42-38-34-30-14-12-10-8-6-4-2/h11,13,18,20,55-56,60-61H,3-10,12,14-17,19,21-54H2,1-2H3,(H,59,62)/b13-11-,20-18-. The van der Waals surface area contributed by atoms with Crippen molar-refractivity contribution in [2.24, 2.45) is 0 Å². The molecule has 3 N–H and O–H groups in total. The van der Waals surface area contributed by atoms with Gasteiger partial charge in [-0.15, -0.1) is 0 Å². The Morgan fingerprint density at radius 2 is 0.734 bits per heavy atom. The molecule has 0 saturated heterocycles. The van der Waals surface area contributed by atoms with Gasteiger partial charge >= 0.3 is 5.97 Å². The molecular weight excluding hydrogens is 791 g/mol. The van der Waals surface area contributed by atoms with E-state index >= 15 is 0 Å². The number of ether oxygens (including phenoxy) is 1.